The van der Waals surface area contributed by atoms with E-state index >= 15 is 0 Å². The van der Waals surface area contributed by atoms with Gasteiger partial charge in [-0.05, 0) is 32.0 Å². The molecule has 0 N–H and O–H groups in total. The number of carbonyl (C=O) groups is 2. The van der Waals surface area contributed by atoms with Crippen LogP contribution in [0.3, 0.4) is 0 Å². The first-order valence-corrected chi connectivity index (χ1v) is 9.37. The molecular weight excluding hydrogens is 416 g/mol. The minimum Gasteiger partial charge on any atom is -0.465 e. The van der Waals surface area contributed by atoms with Crippen LogP contribution in [0.5, 0.6) is 0 Å². The Kier molecular flexibility index (Phi) is 6.02. The normalized spacial score (nSPS) is 10.4. The van der Waals surface area contributed by atoms with Gasteiger partial charge in [-0.3, -0.25) is 19.7 Å². The maximum Gasteiger partial charge on any atom is 0.339 e. The molecule has 0 aliphatic carbocycles. The Balaban J connectivity index is 2.02. The number of aromatic nitrogens is 2. The number of nitro groups is 1. The zero-order valence-corrected chi connectivity index (χ0v) is 17.5. The molecule has 0 amide bonds. The predicted octanol–water partition coefficient (Wildman–Crippen LogP) is 2.71. The minimum absolute atomic E-state index is 0.0292. The van der Waals surface area contributed by atoms with Crippen LogP contribution < -0.4 is 5.56 Å². The molecule has 0 aliphatic heterocycles. The van der Waals surface area contributed by atoms with Gasteiger partial charge in [0.2, 0.25) is 0 Å². The second-order valence-electron chi connectivity index (χ2n) is 7.00. The van der Waals surface area contributed by atoms with E-state index in [2.05, 4.69) is 4.74 Å². The molecule has 1 aromatic carbocycles. The molecule has 2 aromatic heterocycles. The van der Waals surface area contributed by atoms with Gasteiger partial charge >= 0.3 is 5.97 Å². The third kappa shape index (κ3) is 4.04. The number of ketones is 1. The van der Waals surface area contributed by atoms with E-state index in [1.165, 1.54) is 18.3 Å². The van der Waals surface area contributed by atoms with E-state index in [4.69, 9.17) is 0 Å². The lowest BCUT2D eigenvalue weighted by atomic mass is 10.1. The van der Waals surface area contributed by atoms with E-state index in [1.807, 2.05) is 0 Å². The summed E-state index contributed by atoms with van der Waals surface area (Å²) in [6.45, 7) is 3.03. The van der Waals surface area contributed by atoms with Crippen LogP contribution in [0.4, 0.5) is 5.69 Å². The maximum atomic E-state index is 13.0. The van der Waals surface area contributed by atoms with Crippen LogP contribution >= 0.6 is 0 Å². The summed E-state index contributed by atoms with van der Waals surface area (Å²) in [4.78, 5) is 48.0. The van der Waals surface area contributed by atoms with E-state index in [0.29, 0.717) is 22.6 Å². The summed E-state index contributed by atoms with van der Waals surface area (Å²) in [5, 5.41) is 20.3. The van der Waals surface area contributed by atoms with Crippen LogP contribution in [0.2, 0.25) is 0 Å². The van der Waals surface area contributed by atoms with Crippen LogP contribution in [0.1, 0.15) is 37.7 Å². The van der Waals surface area contributed by atoms with Crippen LogP contribution in [0.15, 0.2) is 47.4 Å². The number of pyridine rings is 1. The van der Waals surface area contributed by atoms with Gasteiger partial charge in [0.1, 0.15) is 11.6 Å². The lowest BCUT2D eigenvalue weighted by Gasteiger charge is -2.10. The van der Waals surface area contributed by atoms with E-state index in [-0.39, 0.29) is 16.8 Å². The Bertz CT molecular complexity index is 1360. The number of methoxy groups -OCH3 is 1. The van der Waals surface area contributed by atoms with Crippen molar-refractivity contribution in [3.05, 3.63) is 91.1 Å². The molecule has 0 saturated carbocycles. The fourth-order valence-electron chi connectivity index (χ4n) is 3.49. The molecular formula is C22H18N4O6. The zero-order valence-electron chi connectivity index (χ0n) is 17.5. The summed E-state index contributed by atoms with van der Waals surface area (Å²) in [5.74, 6) is -1.17. The summed E-state index contributed by atoms with van der Waals surface area (Å²) in [5.41, 5.74) is 0.915. The fourth-order valence-corrected chi connectivity index (χ4v) is 3.49. The van der Waals surface area contributed by atoms with Gasteiger partial charge in [-0.1, -0.05) is 6.07 Å². The number of nitrogens with zero attached hydrogens (tertiary/aromatic N) is 4. The number of Topliss-reactive ketones (excluding diaryl/α,β-unsaturated/α-hetero) is 1. The lowest BCUT2D eigenvalue weighted by Crippen LogP contribution is -2.27. The molecule has 10 heteroatoms. The zero-order chi connectivity index (χ0) is 23.6. The molecule has 0 unspecified atom stereocenters. The third-order valence-electron chi connectivity index (χ3n) is 4.97. The number of aryl methyl sites for hydroxylation is 1. The Labute approximate surface area is 182 Å². The number of hydrogen-bond acceptors (Lipinski definition) is 7. The van der Waals surface area contributed by atoms with E-state index < -0.39 is 28.8 Å². The van der Waals surface area contributed by atoms with Crippen molar-refractivity contribution < 1.29 is 19.2 Å². The van der Waals surface area contributed by atoms with Gasteiger partial charge in [-0.15, -0.1) is 0 Å². The van der Waals surface area contributed by atoms with Crippen molar-refractivity contribution in [2.75, 3.05) is 7.11 Å². The van der Waals surface area contributed by atoms with Crippen molar-refractivity contribution in [1.82, 2.24) is 9.13 Å². The van der Waals surface area contributed by atoms with Gasteiger partial charge in [0.15, 0.2) is 5.78 Å². The first-order valence-electron chi connectivity index (χ1n) is 9.37. The monoisotopic (exact) mass is 434 g/mol. The SMILES string of the molecule is COC(=O)c1cc(C#N)c(=O)n(CC(=O)c2cc(C)n(-c3cccc([N+](=O)[O-])c3)c2C)c1. The van der Waals surface area contributed by atoms with Gasteiger partial charge in [0.05, 0.1) is 29.8 Å². The van der Waals surface area contributed by atoms with E-state index in [1.54, 1.807) is 42.7 Å². The van der Waals surface area contributed by atoms with Crippen LogP contribution in [-0.4, -0.2) is 32.9 Å². The van der Waals surface area contributed by atoms with Gasteiger partial charge in [0.25, 0.3) is 11.2 Å². The predicted molar refractivity (Wildman–Crippen MR) is 113 cm³/mol. The smallest absolute Gasteiger partial charge is 0.339 e. The van der Waals surface area contributed by atoms with Crippen LogP contribution in [0.25, 0.3) is 5.69 Å². The molecule has 0 aliphatic rings. The van der Waals surface area contributed by atoms with Crippen molar-refractivity contribution in [2.45, 2.75) is 20.4 Å². The molecule has 32 heavy (non-hydrogen) atoms. The number of non-ortho nitro benzene ring substituents is 1. The average molecular weight is 434 g/mol. The van der Waals surface area contributed by atoms with Gasteiger partial charge in [-0.25, -0.2) is 4.79 Å². The lowest BCUT2D eigenvalue weighted by molar-refractivity contribution is -0.384. The maximum absolute atomic E-state index is 13.0. The van der Waals surface area contributed by atoms with E-state index in [0.717, 1.165) is 17.7 Å². The number of esters is 1. The third-order valence-corrected chi connectivity index (χ3v) is 4.97. The second kappa shape index (κ2) is 8.69. The van der Waals surface area contributed by atoms with Gasteiger partial charge in [0, 0.05) is 35.3 Å². The van der Waals surface area contributed by atoms with Crippen LogP contribution in [-0.2, 0) is 11.3 Å². The standard InChI is InChI=1S/C22H18N4O6/c1-13-7-19(14(2)25(13)17-5-4-6-18(9-17)26(30)31)20(27)12-24-11-16(22(29)32-3)8-15(10-23)21(24)28/h4-9,11H,12H2,1-3H3. The average Bonchev–Trinajstić information content (AvgIpc) is 3.08. The summed E-state index contributed by atoms with van der Waals surface area (Å²) in [7, 11) is 1.16. The number of nitro benzene ring substituents is 1. The molecule has 0 spiro atoms. The number of benzene rings is 1. The highest BCUT2D eigenvalue weighted by Crippen LogP contribution is 2.24. The molecule has 3 aromatic rings. The van der Waals surface area contributed by atoms with Crippen molar-refractivity contribution in [3.63, 3.8) is 0 Å². The van der Waals surface area contributed by atoms with Crippen molar-refractivity contribution in [3.8, 4) is 11.8 Å². The molecule has 0 atom stereocenters. The quantitative estimate of drug-likeness (QED) is 0.252. The highest BCUT2D eigenvalue weighted by molar-refractivity contribution is 5.97. The van der Waals surface area contributed by atoms with Crippen molar-refractivity contribution in [2.24, 2.45) is 0 Å². The minimum atomic E-state index is -0.744. The Morgan fingerprint density at radius 3 is 2.56 bits per heavy atom. The molecule has 0 saturated heterocycles. The molecule has 3 rings (SSSR count). The number of carbonyl (C=O) groups excluding carboxylic acids is 2. The largest absolute Gasteiger partial charge is 0.465 e. The van der Waals surface area contributed by atoms with Crippen LogP contribution in [0, 0.1) is 35.3 Å². The first-order chi connectivity index (χ1) is 15.2. The molecule has 2 heterocycles. The van der Waals surface area contributed by atoms with Crippen molar-refractivity contribution in [1.29, 1.82) is 5.26 Å². The second-order valence-corrected chi connectivity index (χ2v) is 7.00. The highest BCUT2D eigenvalue weighted by atomic mass is 16.6. The number of ether oxygens (including phenoxy) is 1. The topological polar surface area (TPSA) is 137 Å². The fraction of sp³-hybridized carbons (Fsp3) is 0.182. The Morgan fingerprint density at radius 1 is 1.22 bits per heavy atom. The summed E-state index contributed by atoms with van der Waals surface area (Å²) < 4.78 is 7.33. The number of rotatable bonds is 6. The summed E-state index contributed by atoms with van der Waals surface area (Å²) in [6, 6.07) is 10.5. The van der Waals surface area contributed by atoms with Gasteiger partial charge < -0.3 is 13.9 Å². The molecule has 10 nitrogen and oxygen atoms in total. The first kappa shape index (κ1) is 22.2. The van der Waals surface area contributed by atoms with E-state index in [9.17, 15) is 29.8 Å². The number of nitriles is 1. The summed E-state index contributed by atoms with van der Waals surface area (Å²) >= 11 is 0. The molecule has 0 radical (unpaired) electrons. The molecule has 0 bridgehead atoms. The molecule has 0 fully saturated rings. The molecule has 162 valence electrons. The van der Waals surface area contributed by atoms with Crippen molar-refractivity contribution >= 4 is 17.4 Å². The Hall–Kier alpha value is -4.52. The highest BCUT2D eigenvalue weighted by Gasteiger charge is 2.20. The van der Waals surface area contributed by atoms with Gasteiger partial charge in [-0.2, -0.15) is 5.26 Å². The summed E-state index contributed by atoms with van der Waals surface area (Å²) in [6.07, 6.45) is 1.17. The number of hydrogen-bond donors (Lipinski definition) is 0. The Morgan fingerprint density at radius 2 is 1.94 bits per heavy atom.